The Labute approximate surface area is 91.2 Å². The maximum atomic E-state index is 11.8. The molecule has 2 rings (SSSR count). The number of aliphatic hydroxyl groups excluding tert-OH is 1. The Balaban J connectivity index is 1.69. The topological polar surface area (TPSA) is 49.3 Å². The highest BCUT2D eigenvalue weighted by molar-refractivity contribution is 5.82. The van der Waals surface area contributed by atoms with Gasteiger partial charge in [0.1, 0.15) is 0 Å². The standard InChI is InChI=1S/C12H21NO2/c1-8(4-3-7-14)13-12(15)11-9-5-2-6-10(9)11/h8-11,14H,2-7H2,1H3,(H,13,15). The van der Waals surface area contributed by atoms with Gasteiger partial charge in [-0.05, 0) is 44.4 Å². The van der Waals surface area contributed by atoms with E-state index in [2.05, 4.69) is 5.32 Å². The highest BCUT2D eigenvalue weighted by Gasteiger charge is 2.56. The van der Waals surface area contributed by atoms with Crippen molar-refractivity contribution in [3.05, 3.63) is 0 Å². The van der Waals surface area contributed by atoms with Crippen molar-refractivity contribution in [2.24, 2.45) is 17.8 Å². The van der Waals surface area contributed by atoms with Gasteiger partial charge in [-0.15, -0.1) is 0 Å². The van der Waals surface area contributed by atoms with E-state index in [9.17, 15) is 4.79 Å². The van der Waals surface area contributed by atoms with Crippen molar-refractivity contribution < 1.29 is 9.90 Å². The van der Waals surface area contributed by atoms with Crippen LogP contribution in [0.15, 0.2) is 0 Å². The van der Waals surface area contributed by atoms with E-state index in [-0.39, 0.29) is 18.6 Å². The van der Waals surface area contributed by atoms with Crippen molar-refractivity contribution in [2.45, 2.75) is 45.1 Å². The normalized spacial score (nSPS) is 34.7. The average Bonchev–Trinajstić information content (AvgIpc) is 2.70. The highest BCUT2D eigenvalue weighted by Crippen LogP contribution is 2.57. The number of amides is 1. The zero-order chi connectivity index (χ0) is 10.8. The Morgan fingerprint density at radius 2 is 2.13 bits per heavy atom. The largest absolute Gasteiger partial charge is 0.396 e. The van der Waals surface area contributed by atoms with Crippen LogP contribution in [0.5, 0.6) is 0 Å². The number of hydrogen-bond acceptors (Lipinski definition) is 2. The fraction of sp³-hybridized carbons (Fsp3) is 0.917. The van der Waals surface area contributed by atoms with Gasteiger partial charge in [-0.1, -0.05) is 6.42 Å². The van der Waals surface area contributed by atoms with E-state index in [1.54, 1.807) is 0 Å². The molecule has 0 aromatic rings. The molecule has 0 saturated heterocycles. The summed E-state index contributed by atoms with van der Waals surface area (Å²) in [6, 6.07) is 0.214. The van der Waals surface area contributed by atoms with Crippen LogP contribution < -0.4 is 5.32 Å². The molecule has 3 nitrogen and oxygen atoms in total. The quantitative estimate of drug-likeness (QED) is 0.720. The Morgan fingerprint density at radius 1 is 1.47 bits per heavy atom. The second-order valence-electron chi connectivity index (χ2n) is 5.06. The van der Waals surface area contributed by atoms with Gasteiger partial charge >= 0.3 is 0 Å². The van der Waals surface area contributed by atoms with Crippen molar-refractivity contribution in [1.29, 1.82) is 0 Å². The number of hydrogen-bond donors (Lipinski definition) is 2. The second kappa shape index (κ2) is 4.52. The Hall–Kier alpha value is -0.570. The first kappa shape index (κ1) is 10.9. The zero-order valence-corrected chi connectivity index (χ0v) is 9.41. The van der Waals surface area contributed by atoms with E-state index in [1.807, 2.05) is 6.92 Å². The van der Waals surface area contributed by atoms with E-state index in [1.165, 1.54) is 19.3 Å². The Kier molecular flexibility index (Phi) is 3.29. The lowest BCUT2D eigenvalue weighted by Crippen LogP contribution is -2.34. The second-order valence-corrected chi connectivity index (χ2v) is 5.06. The summed E-state index contributed by atoms with van der Waals surface area (Å²) < 4.78 is 0. The Morgan fingerprint density at radius 3 is 2.73 bits per heavy atom. The van der Waals surface area contributed by atoms with E-state index in [4.69, 9.17) is 5.11 Å². The first-order chi connectivity index (χ1) is 7.24. The van der Waals surface area contributed by atoms with E-state index in [0.29, 0.717) is 17.8 Å². The number of carbonyl (C=O) groups is 1. The number of nitrogens with one attached hydrogen (secondary N) is 1. The third-order valence-electron chi connectivity index (χ3n) is 3.89. The van der Waals surface area contributed by atoms with Gasteiger partial charge in [0.25, 0.3) is 0 Å². The maximum absolute atomic E-state index is 11.8. The summed E-state index contributed by atoms with van der Waals surface area (Å²) in [5, 5.41) is 11.7. The maximum Gasteiger partial charge on any atom is 0.223 e. The predicted octanol–water partition coefficient (Wildman–Crippen LogP) is 1.31. The molecule has 2 aliphatic rings. The van der Waals surface area contributed by atoms with Gasteiger partial charge in [-0.25, -0.2) is 0 Å². The fourth-order valence-corrected chi connectivity index (χ4v) is 3.02. The summed E-state index contributed by atoms with van der Waals surface area (Å²) in [5.74, 6) is 2.00. The van der Waals surface area contributed by atoms with Crippen LogP contribution in [0.4, 0.5) is 0 Å². The monoisotopic (exact) mass is 211 g/mol. The molecule has 2 aliphatic carbocycles. The molecule has 0 aromatic heterocycles. The summed E-state index contributed by atoms with van der Waals surface area (Å²) >= 11 is 0. The number of rotatable bonds is 5. The van der Waals surface area contributed by atoms with Gasteiger partial charge in [0.15, 0.2) is 0 Å². The lowest BCUT2D eigenvalue weighted by molar-refractivity contribution is -0.123. The molecular formula is C12H21NO2. The smallest absolute Gasteiger partial charge is 0.223 e. The predicted molar refractivity (Wildman–Crippen MR) is 58.2 cm³/mol. The molecule has 0 spiro atoms. The van der Waals surface area contributed by atoms with E-state index >= 15 is 0 Å². The molecule has 3 heteroatoms. The number of carbonyl (C=O) groups excluding carboxylic acids is 1. The van der Waals surface area contributed by atoms with Crippen LogP contribution in [0.3, 0.4) is 0 Å². The van der Waals surface area contributed by atoms with E-state index < -0.39 is 0 Å². The molecule has 0 heterocycles. The highest BCUT2D eigenvalue weighted by atomic mass is 16.2. The van der Waals surface area contributed by atoms with Gasteiger partial charge in [-0.2, -0.15) is 0 Å². The average molecular weight is 211 g/mol. The summed E-state index contributed by atoms with van der Waals surface area (Å²) in [7, 11) is 0. The van der Waals surface area contributed by atoms with Crippen molar-refractivity contribution in [1.82, 2.24) is 5.32 Å². The van der Waals surface area contributed by atoms with Crippen LogP contribution >= 0.6 is 0 Å². The molecule has 0 aromatic carbocycles. The third-order valence-corrected chi connectivity index (χ3v) is 3.89. The van der Waals surface area contributed by atoms with Crippen LogP contribution in [0.2, 0.25) is 0 Å². The molecule has 3 unspecified atom stereocenters. The van der Waals surface area contributed by atoms with Gasteiger partial charge in [0, 0.05) is 18.6 Å². The molecular weight excluding hydrogens is 190 g/mol. The molecule has 2 saturated carbocycles. The molecule has 1 amide bonds. The van der Waals surface area contributed by atoms with Crippen LogP contribution in [-0.2, 0) is 4.79 Å². The minimum absolute atomic E-state index is 0.214. The molecule has 0 aliphatic heterocycles. The first-order valence-electron chi connectivity index (χ1n) is 6.15. The fourth-order valence-electron chi connectivity index (χ4n) is 3.02. The molecule has 86 valence electrons. The number of aliphatic hydroxyl groups is 1. The van der Waals surface area contributed by atoms with Crippen molar-refractivity contribution >= 4 is 5.91 Å². The van der Waals surface area contributed by atoms with E-state index in [0.717, 1.165) is 12.8 Å². The molecule has 15 heavy (non-hydrogen) atoms. The lowest BCUT2D eigenvalue weighted by atomic mass is 10.1. The van der Waals surface area contributed by atoms with Crippen molar-refractivity contribution in [3.63, 3.8) is 0 Å². The molecule has 2 N–H and O–H groups in total. The summed E-state index contributed by atoms with van der Waals surface area (Å²) in [6.45, 7) is 2.24. The lowest BCUT2D eigenvalue weighted by Gasteiger charge is -2.13. The molecule has 2 fully saturated rings. The first-order valence-corrected chi connectivity index (χ1v) is 6.15. The van der Waals surface area contributed by atoms with Crippen LogP contribution in [0.1, 0.15) is 39.0 Å². The summed E-state index contributed by atoms with van der Waals surface area (Å²) in [6.07, 6.45) is 5.49. The third kappa shape index (κ3) is 2.33. The Bertz CT molecular complexity index is 232. The van der Waals surface area contributed by atoms with Gasteiger partial charge in [0.2, 0.25) is 5.91 Å². The molecule has 0 bridgehead atoms. The van der Waals surface area contributed by atoms with Gasteiger partial charge in [0.05, 0.1) is 0 Å². The van der Waals surface area contributed by atoms with Crippen molar-refractivity contribution in [2.75, 3.05) is 6.61 Å². The van der Waals surface area contributed by atoms with Gasteiger partial charge in [-0.3, -0.25) is 4.79 Å². The van der Waals surface area contributed by atoms with Crippen molar-refractivity contribution in [3.8, 4) is 0 Å². The molecule has 0 radical (unpaired) electrons. The summed E-state index contributed by atoms with van der Waals surface area (Å²) in [4.78, 5) is 11.8. The van der Waals surface area contributed by atoms with Crippen LogP contribution in [-0.4, -0.2) is 23.7 Å². The number of fused-ring (bicyclic) bond motifs is 1. The molecule has 3 atom stereocenters. The van der Waals surface area contributed by atoms with Crippen LogP contribution in [0, 0.1) is 17.8 Å². The van der Waals surface area contributed by atoms with Gasteiger partial charge < -0.3 is 10.4 Å². The minimum atomic E-state index is 0.214. The van der Waals surface area contributed by atoms with Crippen LogP contribution in [0.25, 0.3) is 0 Å². The SMILES string of the molecule is CC(CCCO)NC(=O)C1C2CCCC21. The zero-order valence-electron chi connectivity index (χ0n) is 9.41. The summed E-state index contributed by atoms with van der Waals surface area (Å²) in [5.41, 5.74) is 0. The minimum Gasteiger partial charge on any atom is -0.396 e.